The smallest absolute Gasteiger partial charge is 0.220 e. The molecular formula is C25H30ClNO2. The second-order valence-electron chi connectivity index (χ2n) is 9.68. The molecule has 2 N–H and O–H groups in total. The van der Waals surface area contributed by atoms with Crippen molar-refractivity contribution in [3.63, 3.8) is 0 Å². The maximum Gasteiger partial charge on any atom is 0.220 e. The van der Waals surface area contributed by atoms with E-state index in [1.807, 2.05) is 12.2 Å². The van der Waals surface area contributed by atoms with Gasteiger partial charge < -0.3 is 10.4 Å². The van der Waals surface area contributed by atoms with E-state index in [1.165, 1.54) is 5.56 Å². The molecule has 1 aromatic rings. The van der Waals surface area contributed by atoms with E-state index in [4.69, 9.17) is 11.6 Å². The Morgan fingerprint density at radius 2 is 1.76 bits per heavy atom. The number of aliphatic hydroxyl groups is 1. The first-order valence-electron chi connectivity index (χ1n) is 11.1. The molecule has 5 aliphatic carbocycles. The topological polar surface area (TPSA) is 49.3 Å². The predicted molar refractivity (Wildman–Crippen MR) is 115 cm³/mol. The number of allylic oxidation sites excluding steroid dienone is 3. The number of hydrogen-bond donors (Lipinski definition) is 2. The Hall–Kier alpha value is -1.58. The van der Waals surface area contributed by atoms with Gasteiger partial charge in [0, 0.05) is 23.4 Å². The van der Waals surface area contributed by atoms with Gasteiger partial charge in [0.15, 0.2) is 0 Å². The molecule has 4 bridgehead atoms. The highest BCUT2D eigenvalue weighted by atomic mass is 35.5. The van der Waals surface area contributed by atoms with Crippen molar-refractivity contribution >= 4 is 17.5 Å². The lowest BCUT2D eigenvalue weighted by Gasteiger charge is -2.63. The van der Waals surface area contributed by atoms with Gasteiger partial charge in [-0.25, -0.2) is 0 Å². The van der Waals surface area contributed by atoms with Gasteiger partial charge in [-0.15, -0.1) is 0 Å². The van der Waals surface area contributed by atoms with Gasteiger partial charge in [0.1, 0.15) is 0 Å². The van der Waals surface area contributed by atoms with Gasteiger partial charge in [0.05, 0.1) is 6.10 Å². The van der Waals surface area contributed by atoms with Crippen molar-refractivity contribution in [3.05, 3.63) is 59.2 Å². The van der Waals surface area contributed by atoms with E-state index in [0.29, 0.717) is 42.6 Å². The van der Waals surface area contributed by atoms with Crippen molar-refractivity contribution in [1.82, 2.24) is 5.32 Å². The number of amides is 1. The number of benzene rings is 1. The second kappa shape index (κ2) is 7.59. The van der Waals surface area contributed by atoms with Crippen molar-refractivity contribution in [2.45, 2.75) is 50.0 Å². The first-order chi connectivity index (χ1) is 14.1. The van der Waals surface area contributed by atoms with E-state index in [0.717, 1.165) is 37.1 Å². The van der Waals surface area contributed by atoms with Crippen LogP contribution in [0, 0.1) is 29.6 Å². The van der Waals surface area contributed by atoms with Crippen LogP contribution < -0.4 is 5.32 Å². The fraction of sp³-hybridized carbons (Fsp3) is 0.560. The Kier molecular flexibility index (Phi) is 5.08. The molecule has 154 valence electrons. The molecule has 4 heteroatoms. The van der Waals surface area contributed by atoms with Crippen LogP contribution in [-0.2, 0) is 10.2 Å². The molecule has 1 amide bonds. The minimum atomic E-state index is -0.122. The number of hydrogen-bond acceptors (Lipinski definition) is 2. The minimum Gasteiger partial charge on any atom is -0.393 e. The Morgan fingerprint density at radius 3 is 2.34 bits per heavy atom. The van der Waals surface area contributed by atoms with Crippen molar-refractivity contribution in [2.75, 3.05) is 6.54 Å². The number of halogens is 1. The minimum absolute atomic E-state index is 0.0793. The summed E-state index contributed by atoms with van der Waals surface area (Å²) >= 11 is 6.01. The summed E-state index contributed by atoms with van der Waals surface area (Å²) in [4.78, 5) is 13.2. The highest BCUT2D eigenvalue weighted by Crippen LogP contribution is 2.64. The molecule has 0 spiro atoms. The Labute approximate surface area is 178 Å². The molecule has 0 heterocycles. The molecule has 1 unspecified atom stereocenters. The van der Waals surface area contributed by atoms with Gasteiger partial charge in [-0.2, -0.15) is 0 Å². The number of rotatable bonds is 5. The average molecular weight is 412 g/mol. The van der Waals surface area contributed by atoms with Crippen molar-refractivity contribution in [1.29, 1.82) is 0 Å². The van der Waals surface area contributed by atoms with Crippen LogP contribution in [0.15, 0.2) is 53.6 Å². The van der Waals surface area contributed by atoms with Gasteiger partial charge >= 0.3 is 0 Å². The quantitative estimate of drug-likeness (QED) is 0.746. The highest BCUT2D eigenvalue weighted by Gasteiger charge is 2.60. The van der Waals surface area contributed by atoms with Gasteiger partial charge in [-0.3, -0.25) is 4.79 Å². The standard InChI is InChI=1S/C25H30ClNO2/c26-22-8-6-16(7-9-22)15-27-23(28)14-25(19-4-2-1-3-5-19)20-10-17-11-21(25)13-18(12-20)24(17)29/h1-6,8-9,16-18,20-21,24,29H,7,10-15H2,(H,27,28). The van der Waals surface area contributed by atoms with E-state index in [9.17, 15) is 9.90 Å². The lowest BCUT2D eigenvalue weighted by molar-refractivity contribution is -0.147. The van der Waals surface area contributed by atoms with Crippen LogP contribution in [0.25, 0.3) is 0 Å². The number of aliphatic hydroxyl groups excluding tert-OH is 1. The Balaban J connectivity index is 1.36. The molecule has 5 aliphatic rings. The maximum absolute atomic E-state index is 13.2. The van der Waals surface area contributed by atoms with Gasteiger partial charge in [-0.05, 0) is 73.3 Å². The third-order valence-electron chi connectivity index (χ3n) is 8.24. The van der Waals surface area contributed by atoms with Crippen LogP contribution in [-0.4, -0.2) is 23.7 Å². The summed E-state index contributed by atoms with van der Waals surface area (Å²) in [5, 5.41) is 14.6. The molecule has 0 saturated heterocycles. The zero-order valence-corrected chi connectivity index (χ0v) is 17.5. The predicted octanol–water partition coefficient (Wildman–Crippen LogP) is 4.56. The zero-order chi connectivity index (χ0) is 20.0. The van der Waals surface area contributed by atoms with Crippen LogP contribution in [0.2, 0.25) is 0 Å². The number of carbonyl (C=O) groups excluding carboxylic acids is 1. The Bertz CT molecular complexity index is 800. The zero-order valence-electron chi connectivity index (χ0n) is 16.8. The molecule has 3 nitrogen and oxygen atoms in total. The van der Waals surface area contributed by atoms with E-state index in [2.05, 4.69) is 41.7 Å². The fourth-order valence-corrected chi connectivity index (χ4v) is 7.10. The van der Waals surface area contributed by atoms with Crippen LogP contribution in [0.1, 0.15) is 44.1 Å². The van der Waals surface area contributed by atoms with Crippen LogP contribution in [0.4, 0.5) is 0 Å². The van der Waals surface area contributed by atoms with E-state index >= 15 is 0 Å². The molecule has 0 aromatic heterocycles. The summed E-state index contributed by atoms with van der Waals surface area (Å²) < 4.78 is 0. The Morgan fingerprint density at radius 1 is 1.10 bits per heavy atom. The number of carbonyl (C=O) groups is 1. The lowest BCUT2D eigenvalue weighted by Crippen LogP contribution is -2.61. The van der Waals surface area contributed by atoms with E-state index < -0.39 is 0 Å². The van der Waals surface area contributed by atoms with Gasteiger partial charge in [0.25, 0.3) is 0 Å². The summed E-state index contributed by atoms with van der Waals surface area (Å²) in [7, 11) is 0. The molecular weight excluding hydrogens is 382 g/mol. The summed E-state index contributed by atoms with van der Waals surface area (Å²) in [6.07, 6.45) is 11.6. The molecule has 4 saturated carbocycles. The van der Waals surface area contributed by atoms with Crippen LogP contribution in [0.5, 0.6) is 0 Å². The SMILES string of the molecule is O=C(CC1(c2ccccc2)C2CC3CC1CC(C2)C3O)NCC1C=CC(Cl)=CC1. The summed E-state index contributed by atoms with van der Waals surface area (Å²) in [6, 6.07) is 10.7. The molecule has 0 aliphatic heterocycles. The molecule has 6 rings (SSSR count). The third kappa shape index (κ3) is 3.37. The van der Waals surface area contributed by atoms with E-state index in [1.54, 1.807) is 0 Å². The monoisotopic (exact) mass is 411 g/mol. The molecule has 29 heavy (non-hydrogen) atoms. The van der Waals surface area contributed by atoms with Gasteiger partial charge in [0.2, 0.25) is 5.91 Å². The second-order valence-corrected chi connectivity index (χ2v) is 10.1. The normalized spacial score (nSPS) is 40.0. The van der Waals surface area contributed by atoms with Crippen molar-refractivity contribution in [2.24, 2.45) is 29.6 Å². The molecule has 0 radical (unpaired) electrons. The van der Waals surface area contributed by atoms with Crippen LogP contribution >= 0.6 is 11.6 Å². The highest BCUT2D eigenvalue weighted by molar-refractivity contribution is 6.31. The molecule has 4 fully saturated rings. The summed E-state index contributed by atoms with van der Waals surface area (Å²) in [5.41, 5.74) is 1.25. The lowest BCUT2D eigenvalue weighted by atomic mass is 9.42. The first-order valence-corrected chi connectivity index (χ1v) is 11.5. The fourth-order valence-electron chi connectivity index (χ4n) is 6.94. The largest absolute Gasteiger partial charge is 0.393 e. The molecule has 1 atom stereocenters. The number of nitrogens with one attached hydrogen (secondary N) is 1. The maximum atomic E-state index is 13.2. The van der Waals surface area contributed by atoms with E-state index in [-0.39, 0.29) is 17.4 Å². The van der Waals surface area contributed by atoms with Gasteiger partial charge in [-0.1, -0.05) is 54.1 Å². The van der Waals surface area contributed by atoms with Crippen molar-refractivity contribution < 1.29 is 9.90 Å². The van der Waals surface area contributed by atoms with Crippen molar-refractivity contribution in [3.8, 4) is 0 Å². The molecule has 1 aromatic carbocycles. The average Bonchev–Trinajstić information content (AvgIpc) is 2.72. The summed E-state index contributed by atoms with van der Waals surface area (Å²) in [5.74, 6) is 2.34. The first kappa shape index (κ1) is 19.4. The summed E-state index contributed by atoms with van der Waals surface area (Å²) in [6.45, 7) is 0.667. The van der Waals surface area contributed by atoms with Crippen LogP contribution in [0.3, 0.4) is 0 Å². The third-order valence-corrected chi connectivity index (χ3v) is 8.52.